The van der Waals surface area contributed by atoms with Gasteiger partial charge in [0.1, 0.15) is 10.7 Å². The SMILES string of the molecule is NNc1snnc1COCC1CCCCC1. The van der Waals surface area contributed by atoms with Crippen molar-refractivity contribution in [2.45, 2.75) is 38.7 Å². The summed E-state index contributed by atoms with van der Waals surface area (Å²) in [4.78, 5) is 0. The number of hydrogen-bond acceptors (Lipinski definition) is 6. The van der Waals surface area contributed by atoms with Crippen LogP contribution < -0.4 is 11.3 Å². The van der Waals surface area contributed by atoms with Crippen LogP contribution in [0.25, 0.3) is 0 Å². The molecule has 0 aromatic carbocycles. The van der Waals surface area contributed by atoms with Gasteiger partial charge < -0.3 is 10.2 Å². The molecule has 0 spiro atoms. The molecule has 16 heavy (non-hydrogen) atoms. The van der Waals surface area contributed by atoms with Gasteiger partial charge in [0, 0.05) is 18.1 Å². The summed E-state index contributed by atoms with van der Waals surface area (Å²) >= 11 is 1.26. The molecule has 1 fully saturated rings. The third-order valence-corrected chi connectivity index (χ3v) is 3.70. The van der Waals surface area contributed by atoms with Crippen LogP contribution in [0.3, 0.4) is 0 Å². The van der Waals surface area contributed by atoms with E-state index in [0.29, 0.717) is 6.61 Å². The Bertz CT molecular complexity index is 312. The number of nitrogens with zero attached hydrogens (tertiary/aromatic N) is 2. The summed E-state index contributed by atoms with van der Waals surface area (Å²) in [7, 11) is 0. The van der Waals surface area contributed by atoms with Crippen molar-refractivity contribution in [3.05, 3.63) is 5.69 Å². The fourth-order valence-electron chi connectivity index (χ4n) is 2.09. The smallest absolute Gasteiger partial charge is 0.149 e. The quantitative estimate of drug-likeness (QED) is 0.609. The van der Waals surface area contributed by atoms with Gasteiger partial charge in [-0.2, -0.15) is 0 Å². The monoisotopic (exact) mass is 242 g/mol. The second kappa shape index (κ2) is 6.12. The molecule has 0 amide bonds. The second-order valence-corrected chi connectivity index (χ2v) is 4.97. The molecule has 0 bridgehead atoms. The van der Waals surface area contributed by atoms with E-state index in [0.717, 1.165) is 23.2 Å². The van der Waals surface area contributed by atoms with Crippen molar-refractivity contribution in [2.75, 3.05) is 12.0 Å². The average Bonchev–Trinajstić information content (AvgIpc) is 2.78. The van der Waals surface area contributed by atoms with Crippen molar-refractivity contribution in [1.82, 2.24) is 9.59 Å². The lowest BCUT2D eigenvalue weighted by atomic mass is 9.90. The molecule has 6 heteroatoms. The molecule has 1 aromatic heterocycles. The molecule has 1 heterocycles. The molecule has 0 saturated heterocycles. The molecule has 1 aliphatic carbocycles. The van der Waals surface area contributed by atoms with Gasteiger partial charge in [-0.3, -0.25) is 0 Å². The number of aromatic nitrogens is 2. The number of nitrogens with one attached hydrogen (secondary N) is 1. The topological polar surface area (TPSA) is 73.1 Å². The Morgan fingerprint density at radius 1 is 1.38 bits per heavy atom. The Kier molecular flexibility index (Phi) is 4.50. The molecule has 0 aliphatic heterocycles. The van der Waals surface area contributed by atoms with Gasteiger partial charge in [-0.1, -0.05) is 23.8 Å². The van der Waals surface area contributed by atoms with Gasteiger partial charge >= 0.3 is 0 Å². The van der Waals surface area contributed by atoms with Crippen LogP contribution in [0.2, 0.25) is 0 Å². The molecular weight excluding hydrogens is 224 g/mol. The van der Waals surface area contributed by atoms with Crippen LogP contribution in [-0.4, -0.2) is 16.2 Å². The van der Waals surface area contributed by atoms with Crippen LogP contribution in [0.4, 0.5) is 5.00 Å². The average molecular weight is 242 g/mol. The third kappa shape index (κ3) is 3.13. The molecule has 1 aromatic rings. The molecule has 2 rings (SSSR count). The summed E-state index contributed by atoms with van der Waals surface area (Å²) < 4.78 is 9.50. The molecule has 1 aliphatic rings. The maximum Gasteiger partial charge on any atom is 0.149 e. The summed E-state index contributed by atoms with van der Waals surface area (Å²) in [5.74, 6) is 6.07. The van der Waals surface area contributed by atoms with Crippen molar-refractivity contribution in [2.24, 2.45) is 11.8 Å². The van der Waals surface area contributed by atoms with E-state index >= 15 is 0 Å². The van der Waals surface area contributed by atoms with Gasteiger partial charge in [0.2, 0.25) is 0 Å². The van der Waals surface area contributed by atoms with Gasteiger partial charge in [0.15, 0.2) is 0 Å². The normalized spacial score (nSPS) is 17.6. The molecular formula is C10H18N4OS. The first kappa shape index (κ1) is 11.8. The Morgan fingerprint density at radius 3 is 2.94 bits per heavy atom. The number of anilines is 1. The van der Waals surface area contributed by atoms with Crippen LogP contribution in [0.1, 0.15) is 37.8 Å². The van der Waals surface area contributed by atoms with Crippen molar-refractivity contribution in [3.8, 4) is 0 Å². The van der Waals surface area contributed by atoms with E-state index in [4.69, 9.17) is 10.6 Å². The van der Waals surface area contributed by atoms with E-state index in [9.17, 15) is 0 Å². The first-order valence-corrected chi connectivity index (χ1v) is 6.53. The van der Waals surface area contributed by atoms with E-state index in [1.165, 1.54) is 43.6 Å². The maximum atomic E-state index is 5.67. The highest BCUT2D eigenvalue weighted by Gasteiger charge is 2.14. The van der Waals surface area contributed by atoms with Gasteiger partial charge in [0.05, 0.1) is 6.61 Å². The zero-order valence-corrected chi connectivity index (χ0v) is 10.1. The second-order valence-electron chi connectivity index (χ2n) is 4.21. The summed E-state index contributed by atoms with van der Waals surface area (Å²) in [5, 5.41) is 4.77. The number of nitrogen functional groups attached to an aromatic ring is 1. The Hall–Kier alpha value is -0.720. The zero-order chi connectivity index (χ0) is 11.2. The molecule has 0 atom stereocenters. The minimum atomic E-state index is 0.506. The lowest BCUT2D eigenvalue weighted by molar-refractivity contribution is 0.0723. The minimum Gasteiger partial charge on any atom is -0.375 e. The predicted octanol–water partition coefficient (Wildman–Crippen LogP) is 1.92. The zero-order valence-electron chi connectivity index (χ0n) is 9.32. The van der Waals surface area contributed by atoms with Gasteiger partial charge in [-0.15, -0.1) is 5.10 Å². The van der Waals surface area contributed by atoms with E-state index in [1.807, 2.05) is 0 Å². The summed E-state index contributed by atoms with van der Waals surface area (Å²) in [6.45, 7) is 1.34. The number of rotatable bonds is 5. The van der Waals surface area contributed by atoms with Gasteiger partial charge in [0.25, 0.3) is 0 Å². The molecule has 0 radical (unpaired) electrons. The van der Waals surface area contributed by atoms with Crippen LogP contribution in [0, 0.1) is 5.92 Å². The minimum absolute atomic E-state index is 0.506. The summed E-state index contributed by atoms with van der Waals surface area (Å²) in [6, 6.07) is 0. The highest BCUT2D eigenvalue weighted by Crippen LogP contribution is 2.24. The lowest BCUT2D eigenvalue weighted by Gasteiger charge is -2.20. The molecule has 5 nitrogen and oxygen atoms in total. The van der Waals surface area contributed by atoms with Gasteiger partial charge in [-0.05, 0) is 18.8 Å². The first-order valence-electron chi connectivity index (χ1n) is 5.75. The molecule has 3 N–H and O–H groups in total. The van der Waals surface area contributed by atoms with Crippen LogP contribution in [-0.2, 0) is 11.3 Å². The highest BCUT2D eigenvalue weighted by molar-refractivity contribution is 7.10. The molecule has 90 valence electrons. The maximum absolute atomic E-state index is 5.67. The lowest BCUT2D eigenvalue weighted by Crippen LogP contribution is -2.14. The van der Waals surface area contributed by atoms with Crippen molar-refractivity contribution < 1.29 is 4.74 Å². The van der Waals surface area contributed by atoms with E-state index in [2.05, 4.69) is 15.0 Å². The molecule has 0 unspecified atom stereocenters. The Morgan fingerprint density at radius 2 is 2.19 bits per heavy atom. The van der Waals surface area contributed by atoms with E-state index < -0.39 is 0 Å². The van der Waals surface area contributed by atoms with E-state index in [1.54, 1.807) is 0 Å². The fourth-order valence-corrected chi connectivity index (χ4v) is 2.57. The number of nitrogens with two attached hydrogens (primary N) is 1. The summed E-state index contributed by atoms with van der Waals surface area (Å²) in [5.41, 5.74) is 3.39. The number of ether oxygens (including phenoxy) is 1. The van der Waals surface area contributed by atoms with Crippen molar-refractivity contribution in [3.63, 3.8) is 0 Å². The highest BCUT2D eigenvalue weighted by atomic mass is 32.1. The number of hydrazine groups is 1. The standard InChI is InChI=1S/C10H18N4OS/c11-12-10-9(13-14-16-10)7-15-6-8-4-2-1-3-5-8/h8,12H,1-7,11H2. The van der Waals surface area contributed by atoms with Crippen LogP contribution in [0.5, 0.6) is 0 Å². The number of hydrogen-bond donors (Lipinski definition) is 2. The van der Waals surface area contributed by atoms with Crippen molar-refractivity contribution in [1.29, 1.82) is 0 Å². The van der Waals surface area contributed by atoms with Gasteiger partial charge in [-0.25, -0.2) is 5.84 Å². The largest absolute Gasteiger partial charge is 0.375 e. The Balaban J connectivity index is 1.71. The predicted molar refractivity (Wildman–Crippen MR) is 64.0 cm³/mol. The summed E-state index contributed by atoms with van der Waals surface area (Å²) in [6.07, 6.45) is 6.69. The Labute approximate surface area is 99.5 Å². The fraction of sp³-hybridized carbons (Fsp3) is 0.800. The first-order chi connectivity index (χ1) is 7.90. The van der Waals surface area contributed by atoms with Crippen LogP contribution in [0.15, 0.2) is 0 Å². The third-order valence-electron chi connectivity index (χ3n) is 3.00. The van der Waals surface area contributed by atoms with E-state index in [-0.39, 0.29) is 0 Å². The van der Waals surface area contributed by atoms with Crippen LogP contribution >= 0.6 is 11.5 Å². The molecule has 1 saturated carbocycles. The van der Waals surface area contributed by atoms with Crippen molar-refractivity contribution >= 4 is 16.5 Å².